The molecule has 0 saturated carbocycles. The summed E-state index contributed by atoms with van der Waals surface area (Å²) in [5.41, 5.74) is 0. The van der Waals surface area contributed by atoms with Crippen LogP contribution in [0.3, 0.4) is 0 Å². The van der Waals surface area contributed by atoms with E-state index in [1.807, 2.05) is 17.5 Å². The van der Waals surface area contributed by atoms with Gasteiger partial charge in [0, 0.05) is 36.2 Å². The minimum Gasteiger partial charge on any atom is -0.345 e. The van der Waals surface area contributed by atoms with Crippen LogP contribution in [0.4, 0.5) is 5.13 Å². The van der Waals surface area contributed by atoms with Gasteiger partial charge in [-0.2, -0.15) is 0 Å². The van der Waals surface area contributed by atoms with Crippen LogP contribution >= 0.6 is 11.3 Å². The smallest absolute Gasteiger partial charge is 0.185 e. The molecule has 0 spiro atoms. The van der Waals surface area contributed by atoms with Gasteiger partial charge in [0.05, 0.1) is 0 Å². The van der Waals surface area contributed by atoms with Crippen LogP contribution in [0.25, 0.3) is 0 Å². The van der Waals surface area contributed by atoms with Gasteiger partial charge in [-0.05, 0) is 25.7 Å². The van der Waals surface area contributed by atoms with Gasteiger partial charge in [0.25, 0.3) is 0 Å². The zero-order chi connectivity index (χ0) is 13.1. The Morgan fingerprint density at radius 3 is 3.00 bits per heavy atom. The number of rotatable bonds is 4. The Morgan fingerprint density at radius 2 is 2.28 bits per heavy atom. The second-order valence-electron chi connectivity index (χ2n) is 5.70. The molecule has 3 nitrogen and oxygen atoms in total. The van der Waals surface area contributed by atoms with E-state index >= 15 is 0 Å². The highest BCUT2D eigenvalue weighted by atomic mass is 32.1. The number of hydrogen-bond donors (Lipinski definition) is 1. The van der Waals surface area contributed by atoms with Crippen molar-refractivity contribution in [2.45, 2.75) is 59.2 Å². The summed E-state index contributed by atoms with van der Waals surface area (Å²) < 4.78 is 0. The van der Waals surface area contributed by atoms with Crippen LogP contribution in [0.2, 0.25) is 0 Å². The fourth-order valence-corrected chi connectivity index (χ4v) is 3.40. The van der Waals surface area contributed by atoms with Crippen LogP contribution in [0.1, 0.15) is 45.4 Å². The molecule has 0 radical (unpaired) electrons. The fraction of sp³-hybridized carbons (Fsp3) is 0.786. The Kier molecular flexibility index (Phi) is 4.62. The number of hydrogen-bond acceptors (Lipinski definition) is 4. The molecule has 1 fully saturated rings. The molecule has 0 aromatic carbocycles. The standard InChI is InChI=1S/C14H25N3S/c1-10(2)15-8-13-9-16-14(18-13)17-7-5-6-11(3)12(17)4/h9-12,15H,5-8H2,1-4H3. The first-order chi connectivity index (χ1) is 8.58. The fourth-order valence-electron chi connectivity index (χ4n) is 2.42. The quantitative estimate of drug-likeness (QED) is 0.907. The highest BCUT2D eigenvalue weighted by molar-refractivity contribution is 7.15. The van der Waals surface area contributed by atoms with E-state index in [9.17, 15) is 0 Å². The Labute approximate surface area is 115 Å². The number of aromatic nitrogens is 1. The van der Waals surface area contributed by atoms with E-state index in [-0.39, 0.29) is 0 Å². The zero-order valence-electron chi connectivity index (χ0n) is 11.9. The Balaban J connectivity index is 2.00. The van der Waals surface area contributed by atoms with Crippen molar-refractivity contribution in [1.29, 1.82) is 0 Å². The molecule has 1 aromatic rings. The molecular weight excluding hydrogens is 242 g/mol. The van der Waals surface area contributed by atoms with E-state index in [2.05, 4.69) is 42.9 Å². The number of thiazole rings is 1. The van der Waals surface area contributed by atoms with Gasteiger partial charge in [-0.25, -0.2) is 4.98 Å². The summed E-state index contributed by atoms with van der Waals surface area (Å²) >= 11 is 1.84. The second kappa shape index (κ2) is 6.02. The molecular formula is C14H25N3S. The van der Waals surface area contributed by atoms with E-state index in [1.165, 1.54) is 22.9 Å². The molecule has 1 saturated heterocycles. The summed E-state index contributed by atoms with van der Waals surface area (Å²) in [6.45, 7) is 11.1. The third-order valence-corrected chi connectivity index (χ3v) is 4.88. The van der Waals surface area contributed by atoms with Crippen molar-refractivity contribution in [2.24, 2.45) is 5.92 Å². The van der Waals surface area contributed by atoms with E-state index in [4.69, 9.17) is 0 Å². The van der Waals surface area contributed by atoms with Crippen LogP contribution in [-0.4, -0.2) is 23.6 Å². The summed E-state index contributed by atoms with van der Waals surface area (Å²) in [4.78, 5) is 8.43. The van der Waals surface area contributed by atoms with Crippen LogP contribution in [0, 0.1) is 5.92 Å². The lowest BCUT2D eigenvalue weighted by molar-refractivity contribution is 0.363. The van der Waals surface area contributed by atoms with Crippen molar-refractivity contribution in [2.75, 3.05) is 11.4 Å². The van der Waals surface area contributed by atoms with E-state index in [1.54, 1.807) is 0 Å². The zero-order valence-corrected chi connectivity index (χ0v) is 12.8. The van der Waals surface area contributed by atoms with Gasteiger partial charge in [-0.1, -0.05) is 20.8 Å². The van der Waals surface area contributed by atoms with Crippen LogP contribution < -0.4 is 10.2 Å². The highest BCUT2D eigenvalue weighted by Crippen LogP contribution is 2.31. The van der Waals surface area contributed by atoms with Gasteiger partial charge in [-0.15, -0.1) is 11.3 Å². The molecule has 2 rings (SSSR count). The Morgan fingerprint density at radius 1 is 1.50 bits per heavy atom. The maximum atomic E-state index is 4.61. The molecule has 1 aromatic heterocycles. The summed E-state index contributed by atoms with van der Waals surface area (Å²) in [6, 6.07) is 1.15. The lowest BCUT2D eigenvalue weighted by Crippen LogP contribution is -2.42. The van der Waals surface area contributed by atoms with Crippen molar-refractivity contribution in [3.05, 3.63) is 11.1 Å². The molecule has 1 aliphatic rings. The summed E-state index contributed by atoms with van der Waals surface area (Å²) in [5, 5.41) is 4.65. The first kappa shape index (κ1) is 13.8. The average molecular weight is 267 g/mol. The summed E-state index contributed by atoms with van der Waals surface area (Å²) in [7, 11) is 0. The normalized spacial score (nSPS) is 24.8. The molecule has 18 heavy (non-hydrogen) atoms. The number of anilines is 1. The SMILES string of the molecule is CC(C)NCc1cnc(N2CCCC(C)C2C)s1. The molecule has 2 atom stereocenters. The van der Waals surface area contributed by atoms with Gasteiger partial charge in [0.15, 0.2) is 5.13 Å². The van der Waals surface area contributed by atoms with Gasteiger partial charge in [-0.3, -0.25) is 0 Å². The summed E-state index contributed by atoms with van der Waals surface area (Å²) in [6.07, 6.45) is 4.68. The lowest BCUT2D eigenvalue weighted by atomic mass is 9.93. The van der Waals surface area contributed by atoms with Crippen molar-refractivity contribution in [1.82, 2.24) is 10.3 Å². The van der Waals surface area contributed by atoms with Crippen LogP contribution in [-0.2, 0) is 6.54 Å². The van der Waals surface area contributed by atoms with Gasteiger partial charge in [0.2, 0.25) is 0 Å². The lowest BCUT2D eigenvalue weighted by Gasteiger charge is -2.37. The number of nitrogens with one attached hydrogen (secondary N) is 1. The molecule has 0 bridgehead atoms. The second-order valence-corrected chi connectivity index (χ2v) is 6.79. The number of nitrogens with zero attached hydrogens (tertiary/aromatic N) is 2. The molecule has 4 heteroatoms. The maximum Gasteiger partial charge on any atom is 0.185 e. The predicted molar refractivity (Wildman–Crippen MR) is 79.3 cm³/mol. The van der Waals surface area contributed by atoms with Gasteiger partial charge in [0.1, 0.15) is 0 Å². The Hall–Kier alpha value is -0.610. The van der Waals surface area contributed by atoms with Crippen molar-refractivity contribution < 1.29 is 0 Å². The monoisotopic (exact) mass is 267 g/mol. The van der Waals surface area contributed by atoms with Crippen molar-refractivity contribution in [3.63, 3.8) is 0 Å². The molecule has 1 N–H and O–H groups in total. The van der Waals surface area contributed by atoms with Crippen LogP contribution in [0.15, 0.2) is 6.20 Å². The van der Waals surface area contributed by atoms with Gasteiger partial charge >= 0.3 is 0 Å². The third-order valence-electron chi connectivity index (χ3n) is 3.85. The number of piperidine rings is 1. The molecule has 2 heterocycles. The topological polar surface area (TPSA) is 28.2 Å². The molecule has 2 unspecified atom stereocenters. The average Bonchev–Trinajstić information content (AvgIpc) is 2.78. The first-order valence-corrected chi connectivity index (χ1v) is 7.84. The van der Waals surface area contributed by atoms with E-state index in [0.29, 0.717) is 12.1 Å². The Bertz CT molecular complexity index is 375. The predicted octanol–water partition coefficient (Wildman–Crippen LogP) is 3.27. The third kappa shape index (κ3) is 3.23. The molecule has 102 valence electrons. The highest BCUT2D eigenvalue weighted by Gasteiger charge is 2.26. The first-order valence-electron chi connectivity index (χ1n) is 7.02. The maximum absolute atomic E-state index is 4.61. The minimum atomic E-state index is 0.532. The van der Waals surface area contributed by atoms with E-state index in [0.717, 1.165) is 19.0 Å². The minimum absolute atomic E-state index is 0.532. The largest absolute Gasteiger partial charge is 0.345 e. The molecule has 1 aliphatic heterocycles. The molecule has 0 aliphatic carbocycles. The van der Waals surface area contributed by atoms with E-state index < -0.39 is 0 Å². The van der Waals surface area contributed by atoms with Crippen molar-refractivity contribution in [3.8, 4) is 0 Å². The summed E-state index contributed by atoms with van der Waals surface area (Å²) in [5.74, 6) is 0.778. The molecule has 0 amide bonds. The van der Waals surface area contributed by atoms with Crippen LogP contribution in [0.5, 0.6) is 0 Å². The van der Waals surface area contributed by atoms with Crippen molar-refractivity contribution >= 4 is 16.5 Å². The van der Waals surface area contributed by atoms with Gasteiger partial charge < -0.3 is 10.2 Å².